The number of nitrogens with two attached hydrogens (primary N) is 1. The number of alkyl halides is 3. The number of rotatable bonds is 6. The van der Waals surface area contributed by atoms with E-state index in [4.69, 9.17) is 20.2 Å². The lowest BCUT2D eigenvalue weighted by atomic mass is 9.83. The third-order valence-electron chi connectivity index (χ3n) is 6.69. The van der Waals surface area contributed by atoms with Crippen LogP contribution >= 0.6 is 22.6 Å². The van der Waals surface area contributed by atoms with Gasteiger partial charge < -0.3 is 15.2 Å². The Morgan fingerprint density at radius 3 is 2.65 bits per heavy atom. The Labute approximate surface area is 242 Å². The van der Waals surface area contributed by atoms with Gasteiger partial charge in [-0.3, -0.25) is 4.90 Å². The molecule has 1 aliphatic rings. The van der Waals surface area contributed by atoms with Crippen LogP contribution in [0.25, 0.3) is 0 Å². The van der Waals surface area contributed by atoms with E-state index in [0.717, 1.165) is 12.1 Å². The molecular formula is C27H26F3IN6O3. The first-order valence-corrected chi connectivity index (χ1v) is 13.4. The first-order chi connectivity index (χ1) is 18.9. The molecule has 1 aromatic carbocycles. The molecule has 2 atom stereocenters. The van der Waals surface area contributed by atoms with Crippen molar-refractivity contribution in [2.75, 3.05) is 18.6 Å². The number of nitrogens with zero attached hydrogens (tertiary/aromatic N) is 5. The lowest BCUT2D eigenvalue weighted by molar-refractivity contribution is -0.137. The highest BCUT2D eigenvalue weighted by Crippen LogP contribution is 2.45. The summed E-state index contributed by atoms with van der Waals surface area (Å²) >= 11 is 2.02. The summed E-state index contributed by atoms with van der Waals surface area (Å²) < 4.78 is 51.6. The predicted molar refractivity (Wildman–Crippen MR) is 148 cm³/mol. The molecule has 13 heteroatoms. The number of halogens is 4. The molecule has 3 heterocycles. The van der Waals surface area contributed by atoms with Crippen molar-refractivity contribution in [2.24, 2.45) is 5.73 Å². The minimum Gasteiger partial charge on any atom is -0.481 e. The van der Waals surface area contributed by atoms with Crippen LogP contribution in [0.15, 0.2) is 36.5 Å². The van der Waals surface area contributed by atoms with Crippen molar-refractivity contribution < 1.29 is 27.4 Å². The van der Waals surface area contributed by atoms with Crippen molar-refractivity contribution in [3.63, 3.8) is 0 Å². The summed E-state index contributed by atoms with van der Waals surface area (Å²) in [7, 11) is 1.47. The van der Waals surface area contributed by atoms with Gasteiger partial charge in [0.1, 0.15) is 11.5 Å². The first-order valence-electron chi connectivity index (χ1n) is 12.4. The maximum Gasteiger partial charge on any atom is 0.416 e. The number of carbonyl (C=O) groups excluding carboxylic acids is 1. The fraction of sp³-hybridized carbons (Fsp3) is 0.370. The number of benzene rings is 1. The number of hydrogen-bond acceptors (Lipinski definition) is 8. The molecule has 0 aliphatic carbocycles. The molecule has 0 radical (unpaired) electrons. The van der Waals surface area contributed by atoms with Crippen LogP contribution in [-0.2, 0) is 17.3 Å². The molecule has 210 valence electrons. The molecule has 0 fully saturated rings. The van der Waals surface area contributed by atoms with Gasteiger partial charge in [0.15, 0.2) is 0 Å². The van der Waals surface area contributed by atoms with Gasteiger partial charge in [-0.1, -0.05) is 6.92 Å². The summed E-state index contributed by atoms with van der Waals surface area (Å²) in [6.45, 7) is 3.71. The predicted octanol–water partition coefficient (Wildman–Crippen LogP) is 5.53. The number of carbonyl (C=O) groups is 1. The van der Waals surface area contributed by atoms with Crippen LogP contribution in [0.2, 0.25) is 0 Å². The van der Waals surface area contributed by atoms with E-state index in [1.54, 1.807) is 31.3 Å². The smallest absolute Gasteiger partial charge is 0.416 e. The number of amides is 1. The van der Waals surface area contributed by atoms with Crippen LogP contribution in [0, 0.1) is 14.9 Å². The van der Waals surface area contributed by atoms with Gasteiger partial charge in [0.05, 0.1) is 57.5 Å². The van der Waals surface area contributed by atoms with Crippen LogP contribution in [-0.4, -0.2) is 40.4 Å². The third-order valence-corrected chi connectivity index (χ3v) is 7.59. The van der Waals surface area contributed by atoms with E-state index in [2.05, 4.69) is 9.97 Å². The number of ether oxygens (including phenoxy) is 2. The van der Waals surface area contributed by atoms with E-state index >= 15 is 0 Å². The number of fused-ring (bicyclic) bond motifs is 1. The Kier molecular flexibility index (Phi) is 8.50. The van der Waals surface area contributed by atoms with Crippen molar-refractivity contribution in [3.05, 3.63) is 74.0 Å². The SMILES string of the molecule is CCOC(=O)N1c2ccc(OC)nc2[C@@H](c2ncc(I)c(Cc3cc(C#N)cc(C(F)(F)F)c3)n2)C[C@@]1(N)CC. The summed E-state index contributed by atoms with van der Waals surface area (Å²) in [5, 5.41) is 9.28. The second-order valence-electron chi connectivity index (χ2n) is 9.23. The van der Waals surface area contributed by atoms with E-state index in [0.29, 0.717) is 38.8 Å². The Hall–Kier alpha value is -3.51. The van der Waals surface area contributed by atoms with Crippen LogP contribution in [0.4, 0.5) is 23.7 Å². The Morgan fingerprint density at radius 1 is 1.27 bits per heavy atom. The van der Waals surface area contributed by atoms with E-state index in [9.17, 15) is 23.2 Å². The molecule has 0 unspecified atom stereocenters. The van der Waals surface area contributed by atoms with Crippen molar-refractivity contribution in [1.82, 2.24) is 15.0 Å². The Bertz CT molecular complexity index is 1480. The number of pyridine rings is 1. The van der Waals surface area contributed by atoms with Gasteiger partial charge in [-0.2, -0.15) is 18.4 Å². The highest BCUT2D eigenvalue weighted by Gasteiger charge is 2.47. The number of hydrogen-bond donors (Lipinski definition) is 1. The number of anilines is 1. The summed E-state index contributed by atoms with van der Waals surface area (Å²) in [4.78, 5) is 28.3. The summed E-state index contributed by atoms with van der Waals surface area (Å²) in [5.41, 5.74) is 6.29. The molecule has 4 rings (SSSR count). The molecule has 40 heavy (non-hydrogen) atoms. The monoisotopic (exact) mass is 666 g/mol. The van der Waals surface area contributed by atoms with E-state index in [1.165, 1.54) is 18.1 Å². The standard InChI is InChI=1S/C27H26F3IN6O3/c1-4-26(33)12-18(23-21(6-7-22(36-23)39-3)37(26)25(38)40-5-2)24-34-14-19(31)20(35-24)11-15-8-16(13-32)10-17(9-15)27(28,29)30/h6-10,14,18H,4-5,11-12,33H2,1-3H3/t18-,26+/m0/s1. The maximum atomic E-state index is 13.5. The van der Waals surface area contributed by atoms with Crippen LogP contribution < -0.4 is 15.4 Å². The van der Waals surface area contributed by atoms with Crippen molar-refractivity contribution >= 4 is 34.4 Å². The van der Waals surface area contributed by atoms with Gasteiger partial charge in [0.25, 0.3) is 0 Å². The fourth-order valence-electron chi connectivity index (χ4n) is 4.70. The van der Waals surface area contributed by atoms with Gasteiger partial charge in [-0.05, 0) is 72.2 Å². The maximum absolute atomic E-state index is 13.5. The van der Waals surface area contributed by atoms with Gasteiger partial charge in [0, 0.05) is 18.7 Å². The normalized spacial score (nSPS) is 18.6. The van der Waals surface area contributed by atoms with Crippen molar-refractivity contribution in [3.8, 4) is 11.9 Å². The van der Waals surface area contributed by atoms with Gasteiger partial charge in [-0.25, -0.2) is 19.7 Å². The van der Waals surface area contributed by atoms with E-state index < -0.39 is 29.4 Å². The third kappa shape index (κ3) is 5.83. The highest BCUT2D eigenvalue weighted by atomic mass is 127. The summed E-state index contributed by atoms with van der Waals surface area (Å²) in [6, 6.07) is 8.33. The largest absolute Gasteiger partial charge is 0.481 e. The van der Waals surface area contributed by atoms with Crippen LogP contribution in [0.3, 0.4) is 0 Å². The van der Waals surface area contributed by atoms with Gasteiger partial charge >= 0.3 is 12.3 Å². The molecule has 2 N–H and O–H groups in total. The number of nitriles is 1. The highest BCUT2D eigenvalue weighted by molar-refractivity contribution is 14.1. The second kappa shape index (κ2) is 11.5. The molecule has 2 aromatic heterocycles. The molecule has 1 aliphatic heterocycles. The Balaban J connectivity index is 1.82. The molecule has 3 aromatic rings. The topological polar surface area (TPSA) is 127 Å². The molecule has 0 spiro atoms. The second-order valence-corrected chi connectivity index (χ2v) is 10.4. The van der Waals surface area contributed by atoms with Crippen LogP contribution in [0.5, 0.6) is 5.88 Å². The molecule has 0 saturated carbocycles. The average molecular weight is 666 g/mol. The first kappa shape index (κ1) is 29.5. The zero-order chi connectivity index (χ0) is 29.2. The van der Waals surface area contributed by atoms with Crippen molar-refractivity contribution in [2.45, 2.75) is 50.9 Å². The average Bonchev–Trinajstić information content (AvgIpc) is 2.93. The fourth-order valence-corrected chi connectivity index (χ4v) is 5.15. The molecule has 0 saturated heterocycles. The Morgan fingerprint density at radius 2 is 2.02 bits per heavy atom. The molecule has 1 amide bonds. The van der Waals surface area contributed by atoms with E-state index in [-0.39, 0.29) is 30.6 Å². The zero-order valence-electron chi connectivity index (χ0n) is 21.9. The molecule has 0 bridgehead atoms. The molecular weight excluding hydrogens is 640 g/mol. The van der Waals surface area contributed by atoms with Gasteiger partial charge in [0.2, 0.25) is 5.88 Å². The van der Waals surface area contributed by atoms with E-state index in [1.807, 2.05) is 29.5 Å². The lowest BCUT2D eigenvalue weighted by Crippen LogP contribution is -2.61. The van der Waals surface area contributed by atoms with Crippen molar-refractivity contribution in [1.29, 1.82) is 5.26 Å². The van der Waals surface area contributed by atoms with Gasteiger partial charge in [-0.15, -0.1) is 0 Å². The number of aromatic nitrogens is 3. The summed E-state index contributed by atoms with van der Waals surface area (Å²) in [6.07, 6.45) is -3.01. The quantitative estimate of drug-likeness (QED) is 0.341. The summed E-state index contributed by atoms with van der Waals surface area (Å²) in [5.74, 6) is 0.0941. The van der Waals surface area contributed by atoms with Crippen LogP contribution in [0.1, 0.15) is 66.5 Å². The minimum absolute atomic E-state index is 0.0357. The molecule has 9 nitrogen and oxygen atoms in total. The zero-order valence-corrected chi connectivity index (χ0v) is 24.1. The minimum atomic E-state index is -4.60. The number of methoxy groups -OCH3 is 1. The lowest BCUT2D eigenvalue weighted by Gasteiger charge is -2.46.